The third-order valence-electron chi connectivity index (χ3n) is 1.87. The Balaban J connectivity index is 2.33. The van der Waals surface area contributed by atoms with Crippen molar-refractivity contribution in [3.63, 3.8) is 0 Å². The van der Waals surface area contributed by atoms with Crippen LogP contribution in [0.15, 0.2) is 10.3 Å². The topological polar surface area (TPSA) is 69.1 Å². The van der Waals surface area contributed by atoms with E-state index in [1.165, 1.54) is 5.01 Å². The molecule has 1 unspecified atom stereocenters. The number of amides is 2. The number of nitrogens with zero attached hydrogens (tertiary/aromatic N) is 3. The summed E-state index contributed by atoms with van der Waals surface area (Å²) in [6.07, 6.45) is 2.19. The molecule has 0 aromatic rings. The number of rotatable bonds is 2. The predicted octanol–water partition coefficient (Wildman–Crippen LogP) is 0.334. The molecule has 0 bridgehead atoms. The molecule has 74 valence electrons. The average Bonchev–Trinajstić information content (AvgIpc) is 2.65. The fraction of sp³-hybridized carbons (Fsp3) is 0.857. The summed E-state index contributed by atoms with van der Waals surface area (Å²) in [4.78, 5) is 11.0. The highest BCUT2D eigenvalue weighted by atomic mass is 16.2. The quantitative estimate of drug-likeness (QED) is 0.481. The highest BCUT2D eigenvalue weighted by Gasteiger charge is 2.13. The van der Waals surface area contributed by atoms with Crippen molar-refractivity contribution < 1.29 is 4.79 Å². The number of carbonyl (C=O) groups is 1. The molecule has 1 aliphatic heterocycles. The fourth-order valence-corrected chi connectivity index (χ4v) is 1.11. The van der Waals surface area contributed by atoms with Gasteiger partial charge in [0.2, 0.25) is 0 Å². The van der Waals surface area contributed by atoms with E-state index in [0.717, 1.165) is 19.4 Å². The van der Waals surface area contributed by atoms with Crippen LogP contribution in [0.4, 0.5) is 4.79 Å². The van der Waals surface area contributed by atoms with Gasteiger partial charge in [0.05, 0.1) is 0 Å². The average molecular weight is 185 g/mol. The Labute approximate surface area is 77.4 Å². The first kappa shape index (κ1) is 9.91. The smallest absolute Gasteiger partial charge is 0.338 e. The standard InChI is InChI=1S/C7H15N5O/c1-8-7(13)12(2)11-10-6-4-3-5-9-6/h6,9H,3-5H2,1-2H3,(H,8,13)/b11-10+. The van der Waals surface area contributed by atoms with Crippen LogP contribution in [-0.4, -0.2) is 37.8 Å². The van der Waals surface area contributed by atoms with Gasteiger partial charge in [0.25, 0.3) is 0 Å². The van der Waals surface area contributed by atoms with Gasteiger partial charge >= 0.3 is 6.03 Å². The van der Waals surface area contributed by atoms with Crippen molar-refractivity contribution >= 4 is 6.03 Å². The van der Waals surface area contributed by atoms with Crippen LogP contribution in [0, 0.1) is 0 Å². The van der Waals surface area contributed by atoms with Crippen LogP contribution >= 0.6 is 0 Å². The molecule has 1 aliphatic rings. The van der Waals surface area contributed by atoms with Crippen molar-refractivity contribution in [3.05, 3.63) is 0 Å². The molecule has 1 atom stereocenters. The van der Waals surface area contributed by atoms with E-state index in [1.807, 2.05) is 0 Å². The molecular formula is C7H15N5O. The second-order valence-electron chi connectivity index (χ2n) is 2.90. The zero-order chi connectivity index (χ0) is 9.68. The lowest BCUT2D eigenvalue weighted by molar-refractivity contribution is 0.208. The van der Waals surface area contributed by atoms with Gasteiger partial charge in [-0.05, 0) is 19.4 Å². The van der Waals surface area contributed by atoms with Crippen molar-refractivity contribution in [3.8, 4) is 0 Å². The molecule has 2 N–H and O–H groups in total. The summed E-state index contributed by atoms with van der Waals surface area (Å²) >= 11 is 0. The molecule has 0 aromatic carbocycles. The number of carbonyl (C=O) groups excluding carboxylic acids is 1. The summed E-state index contributed by atoms with van der Waals surface area (Å²) in [7, 11) is 3.12. The summed E-state index contributed by atoms with van der Waals surface area (Å²) < 4.78 is 0. The Morgan fingerprint density at radius 1 is 1.69 bits per heavy atom. The van der Waals surface area contributed by atoms with Gasteiger partial charge in [-0.1, -0.05) is 5.22 Å². The zero-order valence-electron chi connectivity index (χ0n) is 7.95. The SMILES string of the molecule is CNC(=O)N(C)/N=N/C1CCCN1. The fourth-order valence-electron chi connectivity index (χ4n) is 1.11. The normalized spacial score (nSPS) is 22.2. The van der Waals surface area contributed by atoms with Gasteiger partial charge in [-0.3, -0.25) is 5.32 Å². The van der Waals surface area contributed by atoms with E-state index in [1.54, 1.807) is 14.1 Å². The van der Waals surface area contributed by atoms with Crippen LogP contribution in [0.5, 0.6) is 0 Å². The maximum atomic E-state index is 11.0. The van der Waals surface area contributed by atoms with Crippen molar-refractivity contribution in [1.29, 1.82) is 0 Å². The van der Waals surface area contributed by atoms with E-state index in [4.69, 9.17) is 0 Å². The van der Waals surface area contributed by atoms with E-state index in [2.05, 4.69) is 21.0 Å². The van der Waals surface area contributed by atoms with Gasteiger partial charge in [0.15, 0.2) is 0 Å². The number of hydrogen-bond donors (Lipinski definition) is 2. The Kier molecular flexibility index (Phi) is 3.63. The van der Waals surface area contributed by atoms with E-state index >= 15 is 0 Å². The van der Waals surface area contributed by atoms with Gasteiger partial charge in [0.1, 0.15) is 6.17 Å². The molecule has 13 heavy (non-hydrogen) atoms. The van der Waals surface area contributed by atoms with Crippen molar-refractivity contribution in [2.75, 3.05) is 20.6 Å². The van der Waals surface area contributed by atoms with Gasteiger partial charge < -0.3 is 5.32 Å². The minimum absolute atomic E-state index is 0.0760. The number of nitrogens with one attached hydrogen (secondary N) is 2. The molecule has 6 heteroatoms. The van der Waals surface area contributed by atoms with Gasteiger partial charge in [0, 0.05) is 14.1 Å². The Bertz CT molecular complexity index is 199. The molecule has 2 amide bonds. The van der Waals surface area contributed by atoms with E-state index in [0.29, 0.717) is 0 Å². The zero-order valence-corrected chi connectivity index (χ0v) is 7.95. The summed E-state index contributed by atoms with van der Waals surface area (Å²) in [5, 5.41) is 14.5. The first-order valence-corrected chi connectivity index (χ1v) is 4.33. The molecule has 1 heterocycles. The van der Waals surface area contributed by atoms with Crippen molar-refractivity contribution in [2.24, 2.45) is 10.3 Å². The van der Waals surface area contributed by atoms with Crippen LogP contribution in [-0.2, 0) is 0 Å². The minimum Gasteiger partial charge on any atom is -0.340 e. The largest absolute Gasteiger partial charge is 0.340 e. The highest BCUT2D eigenvalue weighted by Crippen LogP contribution is 2.06. The molecule has 0 radical (unpaired) electrons. The summed E-state index contributed by atoms with van der Waals surface area (Å²) in [5.41, 5.74) is 0. The van der Waals surface area contributed by atoms with E-state index in [9.17, 15) is 4.79 Å². The van der Waals surface area contributed by atoms with Crippen molar-refractivity contribution in [1.82, 2.24) is 15.6 Å². The lowest BCUT2D eigenvalue weighted by Gasteiger charge is -2.09. The predicted molar refractivity (Wildman–Crippen MR) is 48.1 cm³/mol. The van der Waals surface area contributed by atoms with E-state index < -0.39 is 0 Å². The lowest BCUT2D eigenvalue weighted by atomic mass is 10.3. The number of hydrogen-bond acceptors (Lipinski definition) is 4. The molecule has 1 fully saturated rings. The van der Waals surface area contributed by atoms with E-state index in [-0.39, 0.29) is 12.2 Å². The molecule has 1 rings (SSSR count). The molecule has 0 aromatic heterocycles. The molecular weight excluding hydrogens is 170 g/mol. The number of urea groups is 1. The monoisotopic (exact) mass is 185 g/mol. The van der Waals surface area contributed by atoms with Crippen LogP contribution in [0.25, 0.3) is 0 Å². The maximum absolute atomic E-state index is 11.0. The summed E-state index contributed by atoms with van der Waals surface area (Å²) in [5.74, 6) is 0. The molecule has 0 spiro atoms. The molecule has 6 nitrogen and oxygen atoms in total. The first-order valence-electron chi connectivity index (χ1n) is 4.33. The van der Waals surface area contributed by atoms with Crippen LogP contribution in [0.2, 0.25) is 0 Å². The minimum atomic E-state index is -0.262. The highest BCUT2D eigenvalue weighted by molar-refractivity contribution is 5.72. The molecule has 0 aliphatic carbocycles. The summed E-state index contributed by atoms with van der Waals surface area (Å²) in [6.45, 7) is 0.980. The summed E-state index contributed by atoms with van der Waals surface area (Å²) in [6, 6.07) is -0.262. The lowest BCUT2D eigenvalue weighted by Crippen LogP contribution is -2.31. The third kappa shape index (κ3) is 2.98. The molecule has 1 saturated heterocycles. The second kappa shape index (κ2) is 4.76. The Morgan fingerprint density at radius 3 is 3.00 bits per heavy atom. The second-order valence-corrected chi connectivity index (χ2v) is 2.90. The van der Waals surface area contributed by atoms with Crippen LogP contribution in [0.1, 0.15) is 12.8 Å². The third-order valence-corrected chi connectivity index (χ3v) is 1.87. The van der Waals surface area contributed by atoms with Gasteiger partial charge in [-0.2, -0.15) is 10.1 Å². The van der Waals surface area contributed by atoms with Crippen LogP contribution in [0.3, 0.4) is 0 Å². The van der Waals surface area contributed by atoms with Crippen molar-refractivity contribution in [2.45, 2.75) is 19.0 Å². The Morgan fingerprint density at radius 2 is 2.46 bits per heavy atom. The maximum Gasteiger partial charge on any atom is 0.338 e. The van der Waals surface area contributed by atoms with Gasteiger partial charge in [-0.25, -0.2) is 4.79 Å². The van der Waals surface area contributed by atoms with Gasteiger partial charge in [-0.15, -0.1) is 0 Å². The Hall–Kier alpha value is -1.17. The molecule has 0 saturated carbocycles. The first-order chi connectivity index (χ1) is 6.24. The van der Waals surface area contributed by atoms with Crippen LogP contribution < -0.4 is 10.6 Å².